The molecule has 0 N–H and O–H groups in total. The molecule has 0 aliphatic heterocycles. The Kier molecular flexibility index (Phi) is 5.01. The van der Waals surface area contributed by atoms with Crippen molar-refractivity contribution in [3.8, 4) is 0 Å². The first-order valence-corrected chi connectivity index (χ1v) is 6.18. The van der Waals surface area contributed by atoms with Crippen LogP contribution < -0.4 is 0 Å². The van der Waals surface area contributed by atoms with E-state index < -0.39 is 0 Å². The van der Waals surface area contributed by atoms with Gasteiger partial charge in [-0.2, -0.15) is 0 Å². The Morgan fingerprint density at radius 2 is 2.06 bits per heavy atom. The highest BCUT2D eigenvalue weighted by Crippen LogP contribution is 2.18. The van der Waals surface area contributed by atoms with Crippen molar-refractivity contribution in [3.05, 3.63) is 34.3 Å². The number of rotatable bonds is 5. The minimum Gasteiger partial charge on any atom is -0.294 e. The number of hydrogen-bond donors (Lipinski definition) is 0. The van der Waals surface area contributed by atoms with E-state index in [1.54, 1.807) is 6.07 Å². The highest BCUT2D eigenvalue weighted by molar-refractivity contribution is 6.30. The molecule has 16 heavy (non-hydrogen) atoms. The minimum absolute atomic E-state index is 0.231. The fourth-order valence-electron chi connectivity index (χ4n) is 1.75. The summed E-state index contributed by atoms with van der Waals surface area (Å²) in [6.07, 6.45) is 2.72. The lowest BCUT2D eigenvalue weighted by Crippen LogP contribution is -2.02. The summed E-state index contributed by atoms with van der Waals surface area (Å²) in [5.41, 5.74) is 1.79. The van der Waals surface area contributed by atoms with Gasteiger partial charge in [0.1, 0.15) is 0 Å². The maximum atomic E-state index is 11.9. The molecule has 0 radical (unpaired) electrons. The zero-order valence-electron chi connectivity index (χ0n) is 10.2. The molecule has 0 fully saturated rings. The molecule has 0 aliphatic carbocycles. The molecule has 88 valence electrons. The van der Waals surface area contributed by atoms with Gasteiger partial charge in [-0.25, -0.2) is 0 Å². The molecule has 1 aromatic carbocycles. The van der Waals surface area contributed by atoms with E-state index in [2.05, 4.69) is 13.8 Å². The lowest BCUT2D eigenvalue weighted by Gasteiger charge is -2.06. The zero-order valence-corrected chi connectivity index (χ0v) is 11.0. The maximum Gasteiger partial charge on any atom is 0.163 e. The van der Waals surface area contributed by atoms with E-state index in [1.165, 1.54) is 0 Å². The van der Waals surface area contributed by atoms with Gasteiger partial charge >= 0.3 is 0 Å². The summed E-state index contributed by atoms with van der Waals surface area (Å²) in [6, 6.07) is 5.46. The molecule has 1 aromatic rings. The van der Waals surface area contributed by atoms with Gasteiger partial charge in [-0.15, -0.1) is 0 Å². The summed E-state index contributed by atoms with van der Waals surface area (Å²) in [6.45, 7) is 6.29. The fraction of sp³-hybridized carbons (Fsp3) is 0.500. The fourth-order valence-corrected chi connectivity index (χ4v) is 1.97. The second-order valence-electron chi connectivity index (χ2n) is 4.67. The van der Waals surface area contributed by atoms with Gasteiger partial charge in [-0.1, -0.05) is 31.9 Å². The standard InChI is InChI=1S/C14H19ClO/c1-10(2)5-4-6-14(16)13-8-7-12(15)9-11(13)3/h7-10H,4-6H2,1-3H3. The number of Topliss-reactive ketones (excluding diaryl/α,β-unsaturated/α-hetero) is 1. The van der Waals surface area contributed by atoms with Gasteiger partial charge in [-0.3, -0.25) is 4.79 Å². The number of aryl methyl sites for hydroxylation is 1. The molecule has 0 unspecified atom stereocenters. The molecule has 0 heterocycles. The topological polar surface area (TPSA) is 17.1 Å². The molecule has 0 aromatic heterocycles. The Labute approximate surface area is 103 Å². The van der Waals surface area contributed by atoms with Crippen molar-refractivity contribution in [1.29, 1.82) is 0 Å². The first-order chi connectivity index (χ1) is 7.50. The summed E-state index contributed by atoms with van der Waals surface area (Å²) in [4.78, 5) is 11.9. The number of benzene rings is 1. The van der Waals surface area contributed by atoms with Gasteiger partial charge in [-0.05, 0) is 43.0 Å². The number of carbonyl (C=O) groups is 1. The highest BCUT2D eigenvalue weighted by Gasteiger charge is 2.09. The van der Waals surface area contributed by atoms with Crippen LogP contribution in [0, 0.1) is 12.8 Å². The van der Waals surface area contributed by atoms with Crippen molar-refractivity contribution in [1.82, 2.24) is 0 Å². The quantitative estimate of drug-likeness (QED) is 0.682. The second kappa shape index (κ2) is 6.05. The van der Waals surface area contributed by atoms with E-state index in [1.807, 2.05) is 19.1 Å². The summed E-state index contributed by atoms with van der Waals surface area (Å²) < 4.78 is 0. The molecule has 0 aliphatic rings. The number of halogens is 1. The SMILES string of the molecule is Cc1cc(Cl)ccc1C(=O)CCCC(C)C. The molecule has 2 heteroatoms. The summed E-state index contributed by atoms with van der Waals surface area (Å²) in [5, 5.41) is 0.691. The Balaban J connectivity index is 2.59. The maximum absolute atomic E-state index is 11.9. The van der Waals surface area contributed by atoms with E-state index in [-0.39, 0.29) is 5.78 Å². The number of ketones is 1. The molecular weight excluding hydrogens is 220 g/mol. The minimum atomic E-state index is 0.231. The number of hydrogen-bond acceptors (Lipinski definition) is 1. The third-order valence-electron chi connectivity index (χ3n) is 2.67. The molecule has 0 atom stereocenters. The third-order valence-corrected chi connectivity index (χ3v) is 2.91. The monoisotopic (exact) mass is 238 g/mol. The van der Waals surface area contributed by atoms with Crippen LogP contribution in [-0.4, -0.2) is 5.78 Å². The largest absolute Gasteiger partial charge is 0.294 e. The van der Waals surface area contributed by atoms with Gasteiger partial charge in [0.2, 0.25) is 0 Å². The van der Waals surface area contributed by atoms with Crippen molar-refractivity contribution in [2.45, 2.75) is 40.0 Å². The Hall–Kier alpha value is -0.820. The van der Waals surface area contributed by atoms with Crippen molar-refractivity contribution in [2.75, 3.05) is 0 Å². The van der Waals surface area contributed by atoms with E-state index in [0.29, 0.717) is 17.4 Å². The Bertz CT molecular complexity index is 369. The van der Waals surface area contributed by atoms with Crippen molar-refractivity contribution in [2.24, 2.45) is 5.92 Å². The van der Waals surface area contributed by atoms with Crippen molar-refractivity contribution < 1.29 is 4.79 Å². The first-order valence-electron chi connectivity index (χ1n) is 5.80. The molecule has 1 nitrogen and oxygen atoms in total. The molecular formula is C14H19ClO. The van der Waals surface area contributed by atoms with Crippen LogP contribution in [0.1, 0.15) is 49.0 Å². The molecule has 0 amide bonds. The summed E-state index contributed by atoms with van der Waals surface area (Å²) >= 11 is 5.86. The normalized spacial score (nSPS) is 10.8. The van der Waals surface area contributed by atoms with Crippen LogP contribution in [0.15, 0.2) is 18.2 Å². The van der Waals surface area contributed by atoms with E-state index >= 15 is 0 Å². The summed E-state index contributed by atoms with van der Waals surface area (Å²) in [7, 11) is 0. The molecule has 1 rings (SSSR count). The van der Waals surface area contributed by atoms with Crippen LogP contribution in [0.5, 0.6) is 0 Å². The number of carbonyl (C=O) groups excluding carboxylic acids is 1. The van der Waals surface area contributed by atoms with Crippen molar-refractivity contribution >= 4 is 17.4 Å². The van der Waals surface area contributed by atoms with Crippen LogP contribution in [-0.2, 0) is 0 Å². The van der Waals surface area contributed by atoms with Crippen LogP contribution in [0.3, 0.4) is 0 Å². The van der Waals surface area contributed by atoms with Crippen LogP contribution >= 0.6 is 11.6 Å². The third kappa shape index (κ3) is 3.97. The van der Waals surface area contributed by atoms with E-state index in [0.717, 1.165) is 24.0 Å². The second-order valence-corrected chi connectivity index (χ2v) is 5.10. The van der Waals surface area contributed by atoms with Gasteiger partial charge in [0.15, 0.2) is 5.78 Å². The van der Waals surface area contributed by atoms with E-state index in [4.69, 9.17) is 11.6 Å². The molecule has 0 spiro atoms. The smallest absolute Gasteiger partial charge is 0.163 e. The lowest BCUT2D eigenvalue weighted by atomic mass is 9.98. The van der Waals surface area contributed by atoms with Crippen LogP contribution in [0.2, 0.25) is 5.02 Å². The average molecular weight is 239 g/mol. The van der Waals surface area contributed by atoms with Gasteiger partial charge in [0, 0.05) is 17.0 Å². The van der Waals surface area contributed by atoms with E-state index in [9.17, 15) is 4.79 Å². The van der Waals surface area contributed by atoms with Crippen LogP contribution in [0.4, 0.5) is 0 Å². The molecule has 0 bridgehead atoms. The lowest BCUT2D eigenvalue weighted by molar-refractivity contribution is 0.0977. The Morgan fingerprint density at radius 1 is 1.38 bits per heavy atom. The van der Waals surface area contributed by atoms with Crippen molar-refractivity contribution in [3.63, 3.8) is 0 Å². The highest BCUT2D eigenvalue weighted by atomic mass is 35.5. The Morgan fingerprint density at radius 3 is 2.62 bits per heavy atom. The first kappa shape index (κ1) is 13.2. The average Bonchev–Trinajstić information content (AvgIpc) is 2.16. The predicted molar refractivity (Wildman–Crippen MR) is 69.2 cm³/mol. The summed E-state index contributed by atoms with van der Waals surface area (Å²) in [5.74, 6) is 0.897. The molecule has 0 saturated heterocycles. The molecule has 0 saturated carbocycles. The van der Waals surface area contributed by atoms with Gasteiger partial charge in [0.25, 0.3) is 0 Å². The van der Waals surface area contributed by atoms with Crippen LogP contribution in [0.25, 0.3) is 0 Å². The van der Waals surface area contributed by atoms with Gasteiger partial charge in [0.05, 0.1) is 0 Å². The van der Waals surface area contributed by atoms with Gasteiger partial charge < -0.3 is 0 Å². The predicted octanol–water partition coefficient (Wildman–Crippen LogP) is 4.66. The zero-order chi connectivity index (χ0) is 12.1.